The zero-order chi connectivity index (χ0) is 19.2. The molecule has 4 rings (SSSR count). The lowest BCUT2D eigenvalue weighted by Gasteiger charge is -2.11. The van der Waals surface area contributed by atoms with E-state index >= 15 is 0 Å². The summed E-state index contributed by atoms with van der Waals surface area (Å²) in [7, 11) is 1.00. The van der Waals surface area contributed by atoms with Crippen LogP contribution in [0.1, 0.15) is 25.6 Å². The number of benzene rings is 1. The molecule has 6 heteroatoms. The van der Waals surface area contributed by atoms with Crippen molar-refractivity contribution in [2.75, 3.05) is 19.0 Å². The molecule has 1 aromatic carbocycles. The van der Waals surface area contributed by atoms with E-state index in [1.807, 2.05) is 12.3 Å². The van der Waals surface area contributed by atoms with Gasteiger partial charge in [-0.15, -0.1) is 0 Å². The molecule has 0 fully saturated rings. The monoisotopic (exact) mass is 368 g/mol. The van der Waals surface area contributed by atoms with E-state index in [0.29, 0.717) is 0 Å². The molecule has 2 aromatic heterocycles. The van der Waals surface area contributed by atoms with Crippen LogP contribution in [0.4, 0.5) is 10.2 Å². The number of aliphatic hydroxyl groups excluding tert-OH is 1. The van der Waals surface area contributed by atoms with Gasteiger partial charge >= 0.3 is 0 Å². The van der Waals surface area contributed by atoms with Gasteiger partial charge in [0, 0.05) is 43.9 Å². The fraction of sp³-hybridized carbons (Fsp3) is 0.333. The summed E-state index contributed by atoms with van der Waals surface area (Å²) in [5.41, 5.74) is 4.05. The number of imidazole rings is 1. The molecular formula is C21H25FN4O. The van der Waals surface area contributed by atoms with Crippen molar-refractivity contribution in [3.8, 4) is 22.5 Å². The number of pyridine rings is 1. The Hall–Kier alpha value is -2.73. The number of rotatable bonds is 5. The van der Waals surface area contributed by atoms with Crippen LogP contribution in [0.15, 0.2) is 42.6 Å². The number of fused-ring (bicyclic) bond motifs is 1. The molecular weight excluding hydrogens is 343 g/mol. The molecule has 0 bridgehead atoms. The zero-order valence-electron chi connectivity index (χ0n) is 15.7. The van der Waals surface area contributed by atoms with E-state index in [0.717, 1.165) is 73.6 Å². The third kappa shape index (κ3) is 4.01. The fourth-order valence-corrected chi connectivity index (χ4v) is 3.36. The standard InChI is InChI=1S/C20H21FN4.CH4O/c1-2-10-22-17-13-15(9-11-23-17)20-19(14-5-7-16(21)8-6-14)24-18-4-3-12-25(18)20;1-2/h5-9,11,13H,2-4,10,12H2,1H3,(H,22,23);2H,1H3. The van der Waals surface area contributed by atoms with Crippen molar-refractivity contribution in [1.29, 1.82) is 0 Å². The quantitative estimate of drug-likeness (QED) is 0.711. The topological polar surface area (TPSA) is 63.0 Å². The van der Waals surface area contributed by atoms with Gasteiger partial charge in [0.25, 0.3) is 0 Å². The minimum atomic E-state index is -0.230. The lowest BCUT2D eigenvalue weighted by molar-refractivity contribution is 0.399. The van der Waals surface area contributed by atoms with Crippen molar-refractivity contribution in [3.05, 3.63) is 54.2 Å². The summed E-state index contributed by atoms with van der Waals surface area (Å²) in [5.74, 6) is 1.75. The van der Waals surface area contributed by atoms with Crippen LogP contribution < -0.4 is 5.32 Å². The number of anilines is 1. The van der Waals surface area contributed by atoms with Crippen LogP contribution >= 0.6 is 0 Å². The van der Waals surface area contributed by atoms with Gasteiger partial charge in [-0.1, -0.05) is 6.92 Å². The molecule has 0 atom stereocenters. The van der Waals surface area contributed by atoms with Gasteiger partial charge in [-0.05, 0) is 49.2 Å². The second-order valence-corrected chi connectivity index (χ2v) is 6.34. The molecule has 0 spiro atoms. The number of aromatic nitrogens is 3. The number of hydrogen-bond acceptors (Lipinski definition) is 4. The van der Waals surface area contributed by atoms with E-state index in [4.69, 9.17) is 10.1 Å². The number of nitrogens with zero attached hydrogens (tertiary/aromatic N) is 3. The van der Waals surface area contributed by atoms with E-state index in [9.17, 15) is 4.39 Å². The highest BCUT2D eigenvalue weighted by Gasteiger charge is 2.23. The molecule has 3 aromatic rings. The molecule has 27 heavy (non-hydrogen) atoms. The summed E-state index contributed by atoms with van der Waals surface area (Å²) in [6.07, 6.45) is 4.98. The first kappa shape index (κ1) is 19.0. The van der Waals surface area contributed by atoms with Crippen molar-refractivity contribution in [2.45, 2.75) is 32.7 Å². The van der Waals surface area contributed by atoms with Gasteiger partial charge in [0.1, 0.15) is 17.5 Å². The third-order valence-electron chi connectivity index (χ3n) is 4.54. The van der Waals surface area contributed by atoms with E-state index in [1.54, 1.807) is 12.1 Å². The Morgan fingerprint density at radius 2 is 1.93 bits per heavy atom. The Kier molecular flexibility index (Phi) is 6.19. The smallest absolute Gasteiger partial charge is 0.126 e. The Morgan fingerprint density at radius 3 is 2.67 bits per heavy atom. The first-order chi connectivity index (χ1) is 13.3. The first-order valence-corrected chi connectivity index (χ1v) is 9.26. The van der Waals surface area contributed by atoms with Gasteiger partial charge in [-0.25, -0.2) is 14.4 Å². The molecule has 0 saturated heterocycles. The van der Waals surface area contributed by atoms with Crippen LogP contribution in [0.25, 0.3) is 22.5 Å². The van der Waals surface area contributed by atoms with Crippen LogP contribution in [0, 0.1) is 5.82 Å². The van der Waals surface area contributed by atoms with Gasteiger partial charge in [-0.2, -0.15) is 0 Å². The van der Waals surface area contributed by atoms with Crippen molar-refractivity contribution < 1.29 is 9.50 Å². The Bertz CT molecular complexity index is 890. The van der Waals surface area contributed by atoms with Gasteiger partial charge in [0.15, 0.2) is 0 Å². The lowest BCUT2D eigenvalue weighted by Crippen LogP contribution is -2.02. The Labute approximate surface area is 158 Å². The summed E-state index contributed by atoms with van der Waals surface area (Å²) < 4.78 is 15.6. The predicted octanol–water partition coefficient (Wildman–Crippen LogP) is 4.13. The molecule has 3 heterocycles. The number of halogens is 1. The summed E-state index contributed by atoms with van der Waals surface area (Å²) in [5, 5.41) is 10.3. The summed E-state index contributed by atoms with van der Waals surface area (Å²) >= 11 is 0. The number of nitrogens with one attached hydrogen (secondary N) is 1. The van der Waals surface area contributed by atoms with Crippen molar-refractivity contribution in [1.82, 2.24) is 14.5 Å². The SMILES string of the molecule is CCCNc1cc(-c2c(-c3ccc(F)cc3)nc3n2CCC3)ccn1.CO. The summed E-state index contributed by atoms with van der Waals surface area (Å²) in [4.78, 5) is 9.26. The number of hydrogen-bond donors (Lipinski definition) is 2. The van der Waals surface area contributed by atoms with Crippen LogP contribution in [-0.2, 0) is 13.0 Å². The highest BCUT2D eigenvalue weighted by Crippen LogP contribution is 2.36. The second-order valence-electron chi connectivity index (χ2n) is 6.34. The lowest BCUT2D eigenvalue weighted by atomic mass is 10.1. The largest absolute Gasteiger partial charge is 0.400 e. The highest BCUT2D eigenvalue weighted by molar-refractivity contribution is 5.80. The molecule has 1 aliphatic rings. The maximum Gasteiger partial charge on any atom is 0.126 e. The maximum absolute atomic E-state index is 13.3. The normalized spacial score (nSPS) is 12.3. The van der Waals surface area contributed by atoms with Gasteiger partial charge in [0.2, 0.25) is 0 Å². The van der Waals surface area contributed by atoms with Gasteiger partial charge < -0.3 is 15.0 Å². The molecule has 1 aliphatic heterocycles. The minimum absolute atomic E-state index is 0.230. The molecule has 5 nitrogen and oxygen atoms in total. The van der Waals surface area contributed by atoms with Crippen LogP contribution in [-0.4, -0.2) is 33.3 Å². The first-order valence-electron chi connectivity index (χ1n) is 9.26. The molecule has 0 radical (unpaired) electrons. The second kappa shape index (κ2) is 8.77. The minimum Gasteiger partial charge on any atom is -0.400 e. The van der Waals surface area contributed by atoms with Crippen LogP contribution in [0.5, 0.6) is 0 Å². The molecule has 0 aliphatic carbocycles. The van der Waals surface area contributed by atoms with E-state index < -0.39 is 0 Å². The van der Waals surface area contributed by atoms with Crippen molar-refractivity contribution >= 4 is 5.82 Å². The maximum atomic E-state index is 13.3. The van der Waals surface area contributed by atoms with Crippen molar-refractivity contribution in [2.24, 2.45) is 0 Å². The molecule has 2 N–H and O–H groups in total. The van der Waals surface area contributed by atoms with Crippen LogP contribution in [0.3, 0.4) is 0 Å². The van der Waals surface area contributed by atoms with Gasteiger partial charge in [0.05, 0.1) is 11.4 Å². The highest BCUT2D eigenvalue weighted by atomic mass is 19.1. The summed E-state index contributed by atoms with van der Waals surface area (Å²) in [6, 6.07) is 10.7. The van der Waals surface area contributed by atoms with Crippen molar-refractivity contribution in [3.63, 3.8) is 0 Å². The molecule has 0 amide bonds. The fourth-order valence-electron chi connectivity index (χ4n) is 3.36. The van der Waals surface area contributed by atoms with E-state index in [-0.39, 0.29) is 5.82 Å². The predicted molar refractivity (Wildman–Crippen MR) is 106 cm³/mol. The van der Waals surface area contributed by atoms with Crippen LogP contribution in [0.2, 0.25) is 0 Å². The Morgan fingerprint density at radius 1 is 1.15 bits per heavy atom. The zero-order valence-corrected chi connectivity index (χ0v) is 15.7. The molecule has 0 saturated carbocycles. The number of aryl methyl sites for hydroxylation is 1. The molecule has 0 unspecified atom stereocenters. The van der Waals surface area contributed by atoms with Gasteiger partial charge in [-0.3, -0.25) is 0 Å². The average molecular weight is 368 g/mol. The number of aliphatic hydroxyl groups is 1. The van der Waals surface area contributed by atoms with E-state index in [1.165, 1.54) is 12.1 Å². The van der Waals surface area contributed by atoms with E-state index in [2.05, 4.69) is 27.9 Å². The average Bonchev–Trinajstić information content (AvgIpc) is 3.30. The summed E-state index contributed by atoms with van der Waals surface area (Å²) in [6.45, 7) is 4.00. The Balaban J connectivity index is 0.00000102. The third-order valence-corrected chi connectivity index (χ3v) is 4.54. The molecule has 142 valence electrons.